The molecule has 6 heteroatoms. The third kappa shape index (κ3) is 3.98. The third-order valence-corrected chi connectivity index (χ3v) is 6.29. The van der Waals surface area contributed by atoms with E-state index in [1.165, 1.54) is 17.4 Å². The van der Waals surface area contributed by atoms with Crippen LogP contribution in [-0.4, -0.2) is 27.0 Å². The Balaban J connectivity index is 1.37. The second-order valence-corrected chi connectivity index (χ2v) is 8.50. The van der Waals surface area contributed by atoms with Gasteiger partial charge in [-0.1, -0.05) is 36.2 Å². The van der Waals surface area contributed by atoms with E-state index in [-0.39, 0.29) is 5.91 Å². The lowest BCUT2D eigenvalue weighted by atomic mass is 10.1. The van der Waals surface area contributed by atoms with Crippen molar-refractivity contribution in [2.24, 2.45) is 0 Å². The summed E-state index contributed by atoms with van der Waals surface area (Å²) in [6, 6.07) is 15.9. The van der Waals surface area contributed by atoms with E-state index in [1.54, 1.807) is 0 Å². The Morgan fingerprint density at radius 2 is 1.94 bits per heavy atom. The average Bonchev–Trinajstić information content (AvgIpc) is 3.27. The summed E-state index contributed by atoms with van der Waals surface area (Å²) in [6.45, 7) is 1.46. The van der Waals surface area contributed by atoms with E-state index in [9.17, 15) is 4.79 Å². The summed E-state index contributed by atoms with van der Waals surface area (Å²) in [6.07, 6.45) is 7.04. The fraction of sp³-hybridized carbons (Fsp3) is 0.280. The quantitative estimate of drug-likeness (QED) is 0.444. The molecule has 0 aliphatic carbocycles. The lowest BCUT2D eigenvalue weighted by Gasteiger charge is -2.09. The van der Waals surface area contributed by atoms with Crippen molar-refractivity contribution in [1.29, 1.82) is 0 Å². The van der Waals surface area contributed by atoms with Gasteiger partial charge in [0.1, 0.15) is 11.5 Å². The molecule has 0 saturated carbocycles. The van der Waals surface area contributed by atoms with Gasteiger partial charge in [0.2, 0.25) is 0 Å². The van der Waals surface area contributed by atoms with E-state index in [0.717, 1.165) is 54.8 Å². The van der Waals surface area contributed by atoms with E-state index >= 15 is 0 Å². The number of carbonyl (C=O) groups excluding carboxylic acids is 1. The van der Waals surface area contributed by atoms with Crippen LogP contribution in [0.25, 0.3) is 22.3 Å². The van der Waals surface area contributed by atoms with Crippen LogP contribution in [0, 0.1) is 0 Å². The minimum Gasteiger partial charge on any atom is -0.361 e. The molecule has 0 bridgehead atoms. The number of imidazole rings is 1. The Morgan fingerprint density at radius 3 is 2.81 bits per heavy atom. The maximum atomic E-state index is 13.1. The second-order valence-electron chi connectivity index (χ2n) is 8.07. The van der Waals surface area contributed by atoms with Gasteiger partial charge in [0.15, 0.2) is 0 Å². The molecule has 1 aliphatic heterocycles. The first-order valence-corrected chi connectivity index (χ1v) is 11.3. The molecule has 0 unspecified atom stereocenters. The molecule has 5 nitrogen and oxygen atoms in total. The number of hydrogen-bond donors (Lipinski definition) is 2. The fourth-order valence-electron chi connectivity index (χ4n) is 4.45. The molecule has 31 heavy (non-hydrogen) atoms. The van der Waals surface area contributed by atoms with Gasteiger partial charge in [-0.2, -0.15) is 0 Å². The highest BCUT2D eigenvalue weighted by molar-refractivity contribution is 6.30. The standard InChI is InChI=1S/C25H25ClN4O/c26-19-11-9-17(10-12-19)24-29-23(22-8-2-1-5-15-30(22)24)25(31)27-14-13-18-16-28-21-7-4-3-6-20(18)21/h3-4,6-7,9-12,16,28H,1-2,5,8,13-15H2,(H,27,31). The van der Waals surface area contributed by atoms with Crippen LogP contribution in [0.1, 0.15) is 41.0 Å². The van der Waals surface area contributed by atoms with Crippen LogP contribution in [0.2, 0.25) is 5.02 Å². The van der Waals surface area contributed by atoms with Crippen molar-refractivity contribution < 1.29 is 4.79 Å². The van der Waals surface area contributed by atoms with E-state index in [1.807, 2.05) is 42.6 Å². The number of rotatable bonds is 5. The first-order valence-electron chi connectivity index (χ1n) is 10.9. The Kier molecular flexibility index (Phi) is 5.51. The van der Waals surface area contributed by atoms with Crippen molar-refractivity contribution in [3.8, 4) is 11.4 Å². The van der Waals surface area contributed by atoms with Gasteiger partial charge in [-0.25, -0.2) is 4.98 Å². The average molecular weight is 433 g/mol. The number of carbonyl (C=O) groups is 1. The minimum atomic E-state index is -0.0919. The molecule has 0 radical (unpaired) electrons. The number of para-hydroxylation sites is 1. The Hall–Kier alpha value is -3.05. The van der Waals surface area contributed by atoms with Crippen LogP contribution in [0.4, 0.5) is 0 Å². The van der Waals surface area contributed by atoms with Gasteiger partial charge in [-0.15, -0.1) is 0 Å². The van der Waals surface area contributed by atoms with E-state index in [4.69, 9.17) is 16.6 Å². The van der Waals surface area contributed by atoms with Gasteiger partial charge in [-0.05, 0) is 61.6 Å². The van der Waals surface area contributed by atoms with Gasteiger partial charge >= 0.3 is 0 Å². The molecule has 0 fully saturated rings. The van der Waals surface area contributed by atoms with Crippen molar-refractivity contribution in [2.45, 2.75) is 38.6 Å². The number of fused-ring (bicyclic) bond motifs is 2. The fourth-order valence-corrected chi connectivity index (χ4v) is 4.58. The summed E-state index contributed by atoms with van der Waals surface area (Å²) in [4.78, 5) is 21.2. The summed E-state index contributed by atoms with van der Waals surface area (Å²) in [5, 5.41) is 5.00. The highest BCUT2D eigenvalue weighted by Crippen LogP contribution is 2.28. The number of amides is 1. The number of aromatic amines is 1. The zero-order chi connectivity index (χ0) is 21.2. The monoisotopic (exact) mass is 432 g/mol. The second kappa shape index (κ2) is 8.60. The minimum absolute atomic E-state index is 0.0919. The molecule has 3 heterocycles. The van der Waals surface area contributed by atoms with Crippen molar-refractivity contribution in [3.05, 3.63) is 76.7 Å². The van der Waals surface area contributed by atoms with Gasteiger partial charge in [-0.3, -0.25) is 4.79 Å². The zero-order valence-electron chi connectivity index (χ0n) is 17.3. The topological polar surface area (TPSA) is 62.7 Å². The predicted molar refractivity (Wildman–Crippen MR) is 125 cm³/mol. The first-order chi connectivity index (χ1) is 15.2. The molecule has 4 aromatic rings. The Bertz CT molecular complexity index is 1220. The molecular formula is C25H25ClN4O. The predicted octanol–water partition coefficient (Wildman–Crippen LogP) is 5.38. The zero-order valence-corrected chi connectivity index (χ0v) is 18.1. The molecular weight excluding hydrogens is 408 g/mol. The van der Waals surface area contributed by atoms with Crippen molar-refractivity contribution in [1.82, 2.24) is 19.9 Å². The SMILES string of the molecule is O=C(NCCc1c[nH]c2ccccc12)c1nc(-c2ccc(Cl)cc2)n2c1CCCCC2. The summed E-state index contributed by atoms with van der Waals surface area (Å²) in [5.41, 5.74) is 4.93. The number of halogens is 1. The molecule has 0 saturated heterocycles. The molecule has 1 amide bonds. The van der Waals surface area contributed by atoms with E-state index in [2.05, 4.69) is 27.0 Å². The van der Waals surface area contributed by atoms with Crippen LogP contribution in [-0.2, 0) is 19.4 Å². The number of nitrogens with zero attached hydrogens (tertiary/aromatic N) is 2. The molecule has 5 rings (SSSR count). The normalized spacial score (nSPS) is 13.7. The van der Waals surface area contributed by atoms with Crippen LogP contribution >= 0.6 is 11.6 Å². The molecule has 2 aromatic carbocycles. The molecule has 1 aliphatic rings. The highest BCUT2D eigenvalue weighted by atomic mass is 35.5. The van der Waals surface area contributed by atoms with Crippen molar-refractivity contribution in [3.63, 3.8) is 0 Å². The third-order valence-electron chi connectivity index (χ3n) is 6.04. The molecule has 0 spiro atoms. The van der Waals surface area contributed by atoms with E-state index < -0.39 is 0 Å². The van der Waals surface area contributed by atoms with Crippen LogP contribution in [0.5, 0.6) is 0 Å². The largest absolute Gasteiger partial charge is 0.361 e. The number of benzene rings is 2. The summed E-state index contributed by atoms with van der Waals surface area (Å²) >= 11 is 6.07. The molecule has 2 N–H and O–H groups in total. The number of nitrogens with one attached hydrogen (secondary N) is 2. The van der Waals surface area contributed by atoms with Crippen LogP contribution < -0.4 is 5.32 Å². The maximum absolute atomic E-state index is 13.1. The van der Waals surface area contributed by atoms with Crippen molar-refractivity contribution >= 4 is 28.4 Å². The maximum Gasteiger partial charge on any atom is 0.271 e. The van der Waals surface area contributed by atoms with Crippen molar-refractivity contribution in [2.75, 3.05) is 6.54 Å². The number of aromatic nitrogens is 3. The van der Waals surface area contributed by atoms with Gasteiger partial charge in [0.25, 0.3) is 5.91 Å². The first kappa shape index (κ1) is 19.9. The summed E-state index contributed by atoms with van der Waals surface area (Å²) in [5.74, 6) is 0.765. The lowest BCUT2D eigenvalue weighted by molar-refractivity contribution is 0.0948. The number of hydrogen-bond acceptors (Lipinski definition) is 2. The van der Waals surface area contributed by atoms with Gasteiger partial charge in [0, 0.05) is 40.8 Å². The van der Waals surface area contributed by atoms with Gasteiger partial charge in [0.05, 0.1) is 5.69 Å². The summed E-state index contributed by atoms with van der Waals surface area (Å²) in [7, 11) is 0. The molecule has 158 valence electrons. The van der Waals surface area contributed by atoms with Crippen LogP contribution in [0.15, 0.2) is 54.7 Å². The Labute approximate surface area is 186 Å². The lowest BCUT2D eigenvalue weighted by Crippen LogP contribution is -2.27. The van der Waals surface area contributed by atoms with E-state index in [0.29, 0.717) is 17.3 Å². The smallest absolute Gasteiger partial charge is 0.271 e. The van der Waals surface area contributed by atoms with Gasteiger partial charge < -0.3 is 14.9 Å². The number of H-pyrrole nitrogens is 1. The molecule has 0 atom stereocenters. The van der Waals surface area contributed by atoms with Crippen LogP contribution in [0.3, 0.4) is 0 Å². The molecule has 2 aromatic heterocycles. The summed E-state index contributed by atoms with van der Waals surface area (Å²) < 4.78 is 2.23. The Morgan fingerprint density at radius 1 is 1.10 bits per heavy atom. The highest BCUT2D eigenvalue weighted by Gasteiger charge is 2.24.